The van der Waals surface area contributed by atoms with Gasteiger partial charge in [-0.2, -0.15) is 5.26 Å². The highest BCUT2D eigenvalue weighted by molar-refractivity contribution is 5.72. The number of methoxy groups -OCH3 is 1. The number of carbonyl (C=O) groups is 1. The third-order valence-corrected chi connectivity index (χ3v) is 3.48. The quantitative estimate of drug-likeness (QED) is 0.841. The van der Waals surface area contributed by atoms with Crippen LogP contribution in [0.5, 0.6) is 0 Å². The molecule has 5 heteroatoms. The second kappa shape index (κ2) is 6.19. The van der Waals surface area contributed by atoms with E-state index in [2.05, 4.69) is 10.3 Å². The Morgan fingerprint density at radius 2 is 2.16 bits per heavy atom. The van der Waals surface area contributed by atoms with Gasteiger partial charge in [0.05, 0.1) is 13.0 Å². The molecule has 0 spiro atoms. The molecule has 0 amide bonds. The molecule has 0 saturated heterocycles. The number of anilines is 1. The lowest BCUT2D eigenvalue weighted by molar-refractivity contribution is -0.146. The predicted octanol–water partition coefficient (Wildman–Crippen LogP) is 2.10. The molecule has 1 aromatic heterocycles. The summed E-state index contributed by atoms with van der Waals surface area (Å²) in [4.78, 5) is 15.6. The summed E-state index contributed by atoms with van der Waals surface area (Å²) in [6.45, 7) is 0. The first-order valence-corrected chi connectivity index (χ1v) is 6.44. The number of ether oxygens (including phenoxy) is 1. The van der Waals surface area contributed by atoms with E-state index in [1.165, 1.54) is 7.11 Å². The normalized spacial score (nSPS) is 22.3. The first-order chi connectivity index (χ1) is 9.22. The van der Waals surface area contributed by atoms with E-state index in [1.54, 1.807) is 6.07 Å². The molecule has 5 nitrogen and oxygen atoms in total. The van der Waals surface area contributed by atoms with E-state index in [4.69, 9.17) is 10.00 Å². The Kier molecular flexibility index (Phi) is 4.35. The summed E-state index contributed by atoms with van der Waals surface area (Å²) in [5.41, 5.74) is 0.410. The third-order valence-electron chi connectivity index (χ3n) is 3.48. The Hall–Kier alpha value is -2.09. The minimum Gasteiger partial charge on any atom is -0.469 e. The molecular weight excluding hydrogens is 242 g/mol. The molecule has 0 aromatic carbocycles. The third kappa shape index (κ3) is 3.44. The molecule has 1 heterocycles. The SMILES string of the molecule is COC(=O)C1CCC(Nc2cccc(C#N)n2)CC1. The van der Waals surface area contributed by atoms with Gasteiger partial charge in [0, 0.05) is 6.04 Å². The Labute approximate surface area is 112 Å². The molecule has 100 valence electrons. The average molecular weight is 259 g/mol. The molecule has 19 heavy (non-hydrogen) atoms. The molecule has 1 aliphatic rings. The van der Waals surface area contributed by atoms with Crippen molar-refractivity contribution in [1.29, 1.82) is 5.26 Å². The second-order valence-corrected chi connectivity index (χ2v) is 4.74. The fourth-order valence-electron chi connectivity index (χ4n) is 2.43. The van der Waals surface area contributed by atoms with Crippen LogP contribution in [0.4, 0.5) is 5.82 Å². The highest BCUT2D eigenvalue weighted by Gasteiger charge is 2.26. The number of nitrogens with one attached hydrogen (secondary N) is 1. The standard InChI is InChI=1S/C14H17N3O2/c1-19-14(18)10-5-7-11(8-6-10)16-13-4-2-3-12(9-15)17-13/h2-4,10-11H,5-8H2,1H3,(H,16,17). The van der Waals surface area contributed by atoms with E-state index in [-0.39, 0.29) is 11.9 Å². The summed E-state index contributed by atoms with van der Waals surface area (Å²) in [5, 5.41) is 12.1. The van der Waals surface area contributed by atoms with Crippen LogP contribution in [0.25, 0.3) is 0 Å². The molecule has 0 aliphatic heterocycles. The fourth-order valence-corrected chi connectivity index (χ4v) is 2.43. The van der Waals surface area contributed by atoms with Gasteiger partial charge >= 0.3 is 5.97 Å². The summed E-state index contributed by atoms with van der Waals surface area (Å²) < 4.78 is 4.77. The van der Waals surface area contributed by atoms with E-state index in [1.807, 2.05) is 18.2 Å². The zero-order valence-electron chi connectivity index (χ0n) is 10.9. The molecule has 1 aliphatic carbocycles. The summed E-state index contributed by atoms with van der Waals surface area (Å²) in [6.07, 6.45) is 3.50. The van der Waals surface area contributed by atoms with Crippen molar-refractivity contribution < 1.29 is 9.53 Å². The van der Waals surface area contributed by atoms with Crippen molar-refractivity contribution in [3.8, 4) is 6.07 Å². The highest BCUT2D eigenvalue weighted by Crippen LogP contribution is 2.27. The van der Waals surface area contributed by atoms with Crippen LogP contribution < -0.4 is 5.32 Å². The number of carbonyl (C=O) groups excluding carboxylic acids is 1. The molecule has 1 aromatic rings. The van der Waals surface area contributed by atoms with Crippen LogP contribution in [0.3, 0.4) is 0 Å². The summed E-state index contributed by atoms with van der Waals surface area (Å²) in [5.74, 6) is 0.644. The van der Waals surface area contributed by atoms with Crippen LogP contribution in [-0.2, 0) is 9.53 Å². The second-order valence-electron chi connectivity index (χ2n) is 4.74. The molecule has 0 bridgehead atoms. The monoisotopic (exact) mass is 259 g/mol. The van der Waals surface area contributed by atoms with Gasteiger partial charge in [-0.3, -0.25) is 4.79 Å². The minimum absolute atomic E-state index is 0.0291. The van der Waals surface area contributed by atoms with Gasteiger partial charge in [-0.15, -0.1) is 0 Å². The Balaban J connectivity index is 1.89. The van der Waals surface area contributed by atoms with Crippen LogP contribution in [0.1, 0.15) is 31.4 Å². The van der Waals surface area contributed by atoms with E-state index >= 15 is 0 Å². The molecule has 0 radical (unpaired) electrons. The van der Waals surface area contributed by atoms with Gasteiger partial charge in [0.25, 0.3) is 0 Å². The molecule has 0 atom stereocenters. The Morgan fingerprint density at radius 1 is 1.42 bits per heavy atom. The van der Waals surface area contributed by atoms with Gasteiger partial charge < -0.3 is 10.1 Å². The van der Waals surface area contributed by atoms with Gasteiger partial charge in [-0.25, -0.2) is 4.98 Å². The minimum atomic E-state index is -0.108. The highest BCUT2D eigenvalue weighted by atomic mass is 16.5. The lowest BCUT2D eigenvalue weighted by atomic mass is 9.86. The number of aromatic nitrogens is 1. The molecule has 1 N–H and O–H groups in total. The van der Waals surface area contributed by atoms with Gasteiger partial charge in [0.2, 0.25) is 0 Å². The van der Waals surface area contributed by atoms with E-state index in [0.717, 1.165) is 31.5 Å². The van der Waals surface area contributed by atoms with Crippen molar-refractivity contribution >= 4 is 11.8 Å². The van der Waals surface area contributed by atoms with Crippen molar-refractivity contribution in [2.24, 2.45) is 5.92 Å². The largest absolute Gasteiger partial charge is 0.469 e. The molecular formula is C14H17N3O2. The van der Waals surface area contributed by atoms with Crippen LogP contribution >= 0.6 is 0 Å². The van der Waals surface area contributed by atoms with Gasteiger partial charge in [-0.05, 0) is 37.8 Å². The number of hydrogen-bond acceptors (Lipinski definition) is 5. The van der Waals surface area contributed by atoms with E-state index in [9.17, 15) is 4.79 Å². The summed E-state index contributed by atoms with van der Waals surface area (Å²) in [6, 6.07) is 7.68. The van der Waals surface area contributed by atoms with Gasteiger partial charge in [-0.1, -0.05) is 6.07 Å². The topological polar surface area (TPSA) is 75.0 Å². The lowest BCUT2D eigenvalue weighted by Crippen LogP contribution is -2.30. The predicted molar refractivity (Wildman–Crippen MR) is 70.3 cm³/mol. The van der Waals surface area contributed by atoms with Gasteiger partial charge in [0.15, 0.2) is 0 Å². The Morgan fingerprint density at radius 3 is 2.79 bits per heavy atom. The summed E-state index contributed by atoms with van der Waals surface area (Å²) >= 11 is 0. The van der Waals surface area contributed by atoms with Crippen molar-refractivity contribution in [1.82, 2.24) is 4.98 Å². The molecule has 1 fully saturated rings. The number of hydrogen-bond donors (Lipinski definition) is 1. The fraction of sp³-hybridized carbons (Fsp3) is 0.500. The van der Waals surface area contributed by atoms with Crippen LogP contribution in [0, 0.1) is 17.2 Å². The van der Waals surface area contributed by atoms with Gasteiger partial charge in [0.1, 0.15) is 17.6 Å². The number of nitrogens with zero attached hydrogens (tertiary/aromatic N) is 2. The maximum atomic E-state index is 11.4. The maximum absolute atomic E-state index is 11.4. The smallest absolute Gasteiger partial charge is 0.308 e. The first kappa shape index (κ1) is 13.3. The van der Waals surface area contributed by atoms with Crippen LogP contribution in [0.15, 0.2) is 18.2 Å². The zero-order valence-corrected chi connectivity index (χ0v) is 10.9. The van der Waals surface area contributed by atoms with Crippen molar-refractivity contribution in [3.63, 3.8) is 0 Å². The van der Waals surface area contributed by atoms with Crippen molar-refractivity contribution in [2.75, 3.05) is 12.4 Å². The number of rotatable bonds is 3. The van der Waals surface area contributed by atoms with E-state index in [0.29, 0.717) is 11.7 Å². The first-order valence-electron chi connectivity index (χ1n) is 6.44. The Bertz CT molecular complexity index is 488. The molecule has 2 rings (SSSR count). The number of nitriles is 1. The average Bonchev–Trinajstić information content (AvgIpc) is 2.47. The number of esters is 1. The summed E-state index contributed by atoms with van der Waals surface area (Å²) in [7, 11) is 1.43. The van der Waals surface area contributed by atoms with Crippen LogP contribution in [-0.4, -0.2) is 24.1 Å². The zero-order chi connectivity index (χ0) is 13.7. The van der Waals surface area contributed by atoms with Crippen molar-refractivity contribution in [2.45, 2.75) is 31.7 Å². The van der Waals surface area contributed by atoms with Crippen molar-refractivity contribution in [3.05, 3.63) is 23.9 Å². The molecule has 0 unspecified atom stereocenters. The number of pyridine rings is 1. The lowest BCUT2D eigenvalue weighted by Gasteiger charge is -2.27. The van der Waals surface area contributed by atoms with E-state index < -0.39 is 0 Å². The van der Waals surface area contributed by atoms with Crippen LogP contribution in [0.2, 0.25) is 0 Å². The maximum Gasteiger partial charge on any atom is 0.308 e. The molecule has 1 saturated carbocycles.